The fourth-order valence-corrected chi connectivity index (χ4v) is 1.68. The van der Waals surface area contributed by atoms with Crippen LogP contribution in [0.4, 0.5) is 0 Å². The number of aliphatic hydroxyl groups is 2. The lowest BCUT2D eigenvalue weighted by Crippen LogP contribution is -2.47. The van der Waals surface area contributed by atoms with Crippen molar-refractivity contribution in [3.8, 4) is 0 Å². The SMILES string of the molecule is CC(O)COC(C)COC(C)COC12COC1(O)O2. The monoisotopic (exact) mass is 278 g/mol. The summed E-state index contributed by atoms with van der Waals surface area (Å²) >= 11 is 0. The predicted molar refractivity (Wildman–Crippen MR) is 63.2 cm³/mol. The Hall–Kier alpha value is -0.280. The van der Waals surface area contributed by atoms with E-state index < -0.39 is 17.9 Å². The van der Waals surface area contributed by atoms with Gasteiger partial charge in [-0.25, -0.2) is 0 Å². The summed E-state index contributed by atoms with van der Waals surface area (Å²) in [5.74, 6) is -2.50. The number of fused-ring (bicyclic) bond motifs is 1. The second-order valence-corrected chi connectivity index (χ2v) is 5.17. The van der Waals surface area contributed by atoms with Gasteiger partial charge in [-0.2, -0.15) is 0 Å². The van der Waals surface area contributed by atoms with Crippen molar-refractivity contribution in [2.75, 3.05) is 26.4 Å². The molecule has 19 heavy (non-hydrogen) atoms. The van der Waals surface area contributed by atoms with Crippen molar-refractivity contribution in [3.05, 3.63) is 0 Å². The zero-order valence-corrected chi connectivity index (χ0v) is 11.5. The molecule has 2 rings (SSSR count). The Morgan fingerprint density at radius 2 is 1.74 bits per heavy atom. The van der Waals surface area contributed by atoms with Crippen LogP contribution in [0.2, 0.25) is 0 Å². The van der Waals surface area contributed by atoms with Crippen molar-refractivity contribution in [1.82, 2.24) is 0 Å². The second-order valence-electron chi connectivity index (χ2n) is 5.17. The average Bonchev–Trinajstić information content (AvgIpc) is 2.77. The molecule has 2 N–H and O–H groups in total. The van der Waals surface area contributed by atoms with Gasteiger partial charge < -0.3 is 29.2 Å². The number of hydrogen-bond acceptors (Lipinski definition) is 7. The first-order chi connectivity index (χ1) is 8.87. The quantitative estimate of drug-likeness (QED) is 0.554. The summed E-state index contributed by atoms with van der Waals surface area (Å²) in [6, 6.07) is 0. The third-order valence-electron chi connectivity index (χ3n) is 2.99. The van der Waals surface area contributed by atoms with Gasteiger partial charge in [0.25, 0.3) is 5.79 Å². The topological polar surface area (TPSA) is 89.9 Å². The standard InChI is InChI=1S/C12H22O7/c1-8(13)4-15-9(2)5-16-10(3)6-17-11-7-18-12(11,14)19-11/h8-10,13-14H,4-7H2,1-3H3. The van der Waals surface area contributed by atoms with Crippen LogP contribution in [-0.4, -0.2) is 66.7 Å². The normalized spacial score (nSPS) is 37.1. The Morgan fingerprint density at radius 1 is 1.11 bits per heavy atom. The Morgan fingerprint density at radius 3 is 2.21 bits per heavy atom. The zero-order chi connectivity index (χ0) is 14.1. The highest BCUT2D eigenvalue weighted by Crippen LogP contribution is 2.56. The largest absolute Gasteiger partial charge is 0.391 e. The lowest BCUT2D eigenvalue weighted by Gasteiger charge is -2.26. The zero-order valence-electron chi connectivity index (χ0n) is 11.5. The molecule has 2 heterocycles. The third kappa shape index (κ3) is 3.43. The molecule has 0 saturated carbocycles. The molecule has 5 unspecified atom stereocenters. The van der Waals surface area contributed by atoms with Crippen molar-refractivity contribution in [1.29, 1.82) is 0 Å². The van der Waals surface area contributed by atoms with Crippen LogP contribution in [-0.2, 0) is 23.7 Å². The highest BCUT2D eigenvalue weighted by Gasteiger charge is 2.83. The van der Waals surface area contributed by atoms with Gasteiger partial charge >= 0.3 is 5.97 Å². The van der Waals surface area contributed by atoms with E-state index in [0.29, 0.717) is 13.2 Å². The van der Waals surface area contributed by atoms with Crippen LogP contribution in [0.15, 0.2) is 0 Å². The van der Waals surface area contributed by atoms with E-state index in [1.165, 1.54) is 0 Å². The molecular weight excluding hydrogens is 256 g/mol. The van der Waals surface area contributed by atoms with Crippen molar-refractivity contribution >= 4 is 0 Å². The molecule has 2 fully saturated rings. The van der Waals surface area contributed by atoms with E-state index >= 15 is 0 Å². The summed E-state index contributed by atoms with van der Waals surface area (Å²) in [5, 5.41) is 18.5. The molecule has 0 radical (unpaired) electrons. The number of epoxide rings is 1. The van der Waals surface area contributed by atoms with E-state index in [1.807, 2.05) is 13.8 Å². The van der Waals surface area contributed by atoms with E-state index in [4.69, 9.17) is 28.8 Å². The van der Waals surface area contributed by atoms with Crippen molar-refractivity contribution in [2.24, 2.45) is 0 Å². The summed E-state index contributed by atoms with van der Waals surface area (Å²) < 4.78 is 26.1. The molecule has 2 saturated heterocycles. The van der Waals surface area contributed by atoms with Crippen LogP contribution in [0.3, 0.4) is 0 Å². The highest BCUT2D eigenvalue weighted by molar-refractivity contribution is 5.03. The summed E-state index contributed by atoms with van der Waals surface area (Å²) in [4.78, 5) is 0. The molecule has 5 atom stereocenters. The number of rotatable bonds is 9. The number of ether oxygens (including phenoxy) is 5. The molecule has 2 aliphatic rings. The van der Waals surface area contributed by atoms with Gasteiger partial charge in [-0.1, -0.05) is 0 Å². The molecule has 0 aromatic rings. The molecule has 0 aromatic heterocycles. The fraction of sp³-hybridized carbons (Fsp3) is 1.00. The number of hydrogen-bond donors (Lipinski definition) is 2. The molecule has 0 aromatic carbocycles. The van der Waals surface area contributed by atoms with E-state index in [0.717, 1.165) is 0 Å². The summed E-state index contributed by atoms with van der Waals surface area (Å²) in [7, 11) is 0. The lowest BCUT2D eigenvalue weighted by atomic mass is 10.3. The highest BCUT2D eigenvalue weighted by atomic mass is 17.0. The maximum Gasteiger partial charge on any atom is 0.343 e. The first-order valence-electron chi connectivity index (χ1n) is 6.48. The van der Waals surface area contributed by atoms with Crippen LogP contribution in [0.1, 0.15) is 20.8 Å². The van der Waals surface area contributed by atoms with E-state index in [2.05, 4.69) is 0 Å². The van der Waals surface area contributed by atoms with Gasteiger partial charge in [0.2, 0.25) is 0 Å². The smallest absolute Gasteiger partial charge is 0.343 e. The van der Waals surface area contributed by atoms with Gasteiger partial charge in [0.15, 0.2) is 0 Å². The van der Waals surface area contributed by atoms with Crippen LogP contribution in [0.5, 0.6) is 0 Å². The number of aliphatic hydroxyl groups excluding tert-OH is 1. The van der Waals surface area contributed by atoms with E-state index in [1.54, 1.807) is 6.92 Å². The van der Waals surface area contributed by atoms with Gasteiger partial charge in [-0.15, -0.1) is 0 Å². The first-order valence-corrected chi connectivity index (χ1v) is 6.48. The van der Waals surface area contributed by atoms with Gasteiger partial charge in [0.05, 0.1) is 38.1 Å². The van der Waals surface area contributed by atoms with Crippen LogP contribution >= 0.6 is 0 Å². The first kappa shape index (κ1) is 15.1. The molecule has 2 aliphatic heterocycles. The maximum absolute atomic E-state index is 9.44. The molecule has 112 valence electrons. The Balaban J connectivity index is 1.54. The molecule has 0 bridgehead atoms. The van der Waals surface area contributed by atoms with Crippen molar-refractivity contribution in [3.63, 3.8) is 0 Å². The van der Waals surface area contributed by atoms with Crippen LogP contribution < -0.4 is 0 Å². The second kappa shape index (κ2) is 5.61. The van der Waals surface area contributed by atoms with E-state index in [-0.39, 0.29) is 25.4 Å². The Labute approximate surface area is 112 Å². The summed E-state index contributed by atoms with van der Waals surface area (Å²) in [6.07, 6.45) is -0.733. The van der Waals surface area contributed by atoms with Crippen LogP contribution in [0.25, 0.3) is 0 Å². The lowest BCUT2D eigenvalue weighted by molar-refractivity contribution is -0.284. The van der Waals surface area contributed by atoms with Gasteiger partial charge in [-0.05, 0) is 20.8 Å². The molecule has 0 spiro atoms. The Bertz CT molecular complexity index is 310. The van der Waals surface area contributed by atoms with Crippen LogP contribution in [0, 0.1) is 0 Å². The van der Waals surface area contributed by atoms with Gasteiger partial charge in [-0.3, -0.25) is 4.74 Å². The molecule has 0 amide bonds. The van der Waals surface area contributed by atoms with E-state index in [9.17, 15) is 5.11 Å². The minimum absolute atomic E-state index is 0.101. The van der Waals surface area contributed by atoms with Gasteiger partial charge in [0.1, 0.15) is 6.61 Å². The summed E-state index contributed by atoms with van der Waals surface area (Å²) in [6.45, 7) is 6.64. The predicted octanol–water partition coefficient (Wildman–Crippen LogP) is -0.403. The Kier molecular flexibility index (Phi) is 4.46. The van der Waals surface area contributed by atoms with Crippen molar-refractivity contribution in [2.45, 2.75) is 50.8 Å². The fourth-order valence-electron chi connectivity index (χ4n) is 1.68. The molecule has 7 heteroatoms. The summed E-state index contributed by atoms with van der Waals surface area (Å²) in [5.41, 5.74) is 0. The minimum atomic E-state index is -1.53. The van der Waals surface area contributed by atoms with Gasteiger partial charge in [0, 0.05) is 0 Å². The van der Waals surface area contributed by atoms with Crippen molar-refractivity contribution < 1.29 is 33.9 Å². The average molecular weight is 278 g/mol. The third-order valence-corrected chi connectivity index (χ3v) is 2.99. The molecular formula is C12H22O7. The molecule has 7 nitrogen and oxygen atoms in total. The minimum Gasteiger partial charge on any atom is -0.391 e. The maximum atomic E-state index is 9.44. The molecule has 0 aliphatic carbocycles.